The molecule has 3 aromatic rings. The Morgan fingerprint density at radius 2 is 1.97 bits per heavy atom. The van der Waals surface area contributed by atoms with Gasteiger partial charge in [0.2, 0.25) is 0 Å². The van der Waals surface area contributed by atoms with Crippen molar-refractivity contribution in [1.82, 2.24) is 0 Å². The van der Waals surface area contributed by atoms with Crippen LogP contribution >= 0.6 is 38.9 Å². The van der Waals surface area contributed by atoms with E-state index in [1.807, 2.05) is 0 Å². The van der Waals surface area contributed by atoms with Crippen LogP contribution in [0.3, 0.4) is 0 Å². The highest BCUT2D eigenvalue weighted by Crippen LogP contribution is 2.45. The van der Waals surface area contributed by atoms with Gasteiger partial charge in [0.1, 0.15) is 10.8 Å². The number of rotatable bonds is 7. The minimum atomic E-state index is -1.04. The fourth-order valence-electron chi connectivity index (χ4n) is 4.35. The summed E-state index contributed by atoms with van der Waals surface area (Å²) < 4.78 is 5.90. The molecule has 0 spiro atoms. The van der Waals surface area contributed by atoms with E-state index in [0.29, 0.717) is 37.4 Å². The van der Waals surface area contributed by atoms with Crippen molar-refractivity contribution in [2.24, 2.45) is 16.3 Å². The van der Waals surface area contributed by atoms with E-state index in [1.165, 1.54) is 4.88 Å². The van der Waals surface area contributed by atoms with Crippen molar-refractivity contribution in [1.29, 1.82) is 0 Å². The van der Waals surface area contributed by atoms with Gasteiger partial charge in [-0.05, 0) is 100 Å². The van der Waals surface area contributed by atoms with Gasteiger partial charge in [0.15, 0.2) is 6.61 Å². The van der Waals surface area contributed by atoms with Crippen LogP contribution < -0.4 is 10.1 Å². The van der Waals surface area contributed by atoms with Crippen molar-refractivity contribution in [2.75, 3.05) is 11.9 Å². The van der Waals surface area contributed by atoms with Crippen LogP contribution in [-0.4, -0.2) is 29.8 Å². The molecule has 9 heteroatoms. The molecule has 0 fully saturated rings. The summed E-state index contributed by atoms with van der Waals surface area (Å²) in [6, 6.07) is 12.3. The lowest BCUT2D eigenvalue weighted by molar-refractivity contribution is -0.139. The molecule has 1 heterocycles. The summed E-state index contributed by atoms with van der Waals surface area (Å²) in [6.07, 6.45) is 4.51. The summed E-state index contributed by atoms with van der Waals surface area (Å²) in [5.74, 6) is -0.253. The van der Waals surface area contributed by atoms with Crippen LogP contribution in [0.1, 0.15) is 53.6 Å². The smallest absolute Gasteiger partial charge is 0.341 e. The molecule has 0 radical (unpaired) electrons. The van der Waals surface area contributed by atoms with Crippen molar-refractivity contribution in [3.63, 3.8) is 0 Å². The molecule has 0 unspecified atom stereocenters. The second kappa shape index (κ2) is 11.4. The standard InChI is InChI=1S/C28H28BrClN2O4S/c1-28(2,3)17-5-10-20-23(13-17)37-27(25(20)26(35)32-19-8-6-18(30)7-9-19)31-14-16-4-11-22(21(29)12-16)36-15-24(33)34/h4,6-9,11-12,14,17H,5,10,13,15H2,1-3H3,(H,32,35)(H,33,34)/t17-/m0/s1. The third kappa shape index (κ3) is 6.80. The van der Waals surface area contributed by atoms with E-state index >= 15 is 0 Å². The van der Waals surface area contributed by atoms with Crippen LogP contribution in [0.5, 0.6) is 5.75 Å². The first-order valence-corrected chi connectivity index (χ1v) is 13.9. The molecule has 1 atom stereocenters. The van der Waals surface area contributed by atoms with E-state index in [2.05, 4.69) is 42.0 Å². The molecule has 1 aliphatic carbocycles. The highest BCUT2D eigenvalue weighted by atomic mass is 79.9. The summed E-state index contributed by atoms with van der Waals surface area (Å²) in [6.45, 7) is 6.38. The maximum atomic E-state index is 13.5. The van der Waals surface area contributed by atoms with Gasteiger partial charge in [-0.1, -0.05) is 32.4 Å². The molecular weight excluding hydrogens is 576 g/mol. The zero-order valence-corrected chi connectivity index (χ0v) is 24.0. The van der Waals surface area contributed by atoms with Crippen LogP contribution in [0, 0.1) is 11.3 Å². The summed E-state index contributed by atoms with van der Waals surface area (Å²) in [5, 5.41) is 13.1. The quantitative estimate of drug-likeness (QED) is 0.270. The fraction of sp³-hybridized carbons (Fsp3) is 0.321. The van der Waals surface area contributed by atoms with Gasteiger partial charge in [0.05, 0.1) is 10.0 Å². The monoisotopic (exact) mass is 602 g/mol. The van der Waals surface area contributed by atoms with Gasteiger partial charge < -0.3 is 15.2 Å². The van der Waals surface area contributed by atoms with Gasteiger partial charge in [-0.3, -0.25) is 4.79 Å². The largest absolute Gasteiger partial charge is 0.481 e. The fourth-order valence-corrected chi connectivity index (χ4v) is 6.26. The maximum absolute atomic E-state index is 13.5. The highest BCUT2D eigenvalue weighted by molar-refractivity contribution is 9.10. The number of benzene rings is 2. The third-order valence-electron chi connectivity index (χ3n) is 6.44. The van der Waals surface area contributed by atoms with Gasteiger partial charge in [-0.15, -0.1) is 11.3 Å². The summed E-state index contributed by atoms with van der Waals surface area (Å²) in [5.41, 5.74) is 3.36. The topological polar surface area (TPSA) is 88.0 Å². The number of hydrogen-bond donors (Lipinski definition) is 2. The SMILES string of the molecule is CC(C)(C)[C@H]1CCc2c(sc(N=Cc3ccc(OCC(=O)O)c(Br)c3)c2C(=O)Nc2ccc(Cl)cc2)C1. The number of carbonyl (C=O) groups excluding carboxylic acids is 1. The number of nitrogens with one attached hydrogen (secondary N) is 1. The molecule has 1 aliphatic rings. The number of fused-ring (bicyclic) bond motifs is 1. The molecule has 2 aromatic carbocycles. The predicted molar refractivity (Wildman–Crippen MR) is 153 cm³/mol. The van der Waals surface area contributed by atoms with Crippen molar-refractivity contribution < 1.29 is 19.4 Å². The number of thiophene rings is 1. The van der Waals surface area contributed by atoms with Crippen LogP contribution in [-0.2, 0) is 17.6 Å². The van der Waals surface area contributed by atoms with Crippen molar-refractivity contribution in [2.45, 2.75) is 40.0 Å². The van der Waals surface area contributed by atoms with E-state index < -0.39 is 12.6 Å². The zero-order chi connectivity index (χ0) is 26.7. The van der Waals surface area contributed by atoms with E-state index in [0.717, 1.165) is 30.4 Å². The third-order valence-corrected chi connectivity index (χ3v) is 8.47. The average molecular weight is 604 g/mol. The minimum Gasteiger partial charge on any atom is -0.481 e. The Bertz CT molecular complexity index is 1350. The summed E-state index contributed by atoms with van der Waals surface area (Å²) in [7, 11) is 0. The van der Waals surface area contributed by atoms with E-state index in [1.54, 1.807) is 60.0 Å². The number of amides is 1. The molecule has 0 saturated heterocycles. The van der Waals surface area contributed by atoms with E-state index in [4.69, 9.17) is 26.4 Å². The maximum Gasteiger partial charge on any atom is 0.341 e. The van der Waals surface area contributed by atoms with Gasteiger partial charge >= 0.3 is 5.97 Å². The zero-order valence-electron chi connectivity index (χ0n) is 20.8. The Balaban J connectivity index is 1.65. The lowest BCUT2D eigenvalue weighted by Gasteiger charge is -2.33. The first-order valence-electron chi connectivity index (χ1n) is 11.9. The molecule has 1 aromatic heterocycles. The molecule has 4 rings (SSSR count). The second-order valence-corrected chi connectivity index (χ2v) is 12.5. The van der Waals surface area contributed by atoms with Crippen LogP contribution in [0.25, 0.3) is 0 Å². The molecule has 6 nitrogen and oxygen atoms in total. The van der Waals surface area contributed by atoms with E-state index in [-0.39, 0.29) is 11.3 Å². The van der Waals surface area contributed by atoms with Crippen molar-refractivity contribution in [3.05, 3.63) is 73.5 Å². The lowest BCUT2D eigenvalue weighted by Crippen LogP contribution is -2.27. The number of aliphatic carboxylic acids is 1. The van der Waals surface area contributed by atoms with Crippen LogP contribution in [0.4, 0.5) is 10.7 Å². The number of hydrogen-bond acceptors (Lipinski definition) is 5. The average Bonchev–Trinajstić information content (AvgIpc) is 3.20. The molecule has 37 heavy (non-hydrogen) atoms. The Morgan fingerprint density at radius 3 is 2.62 bits per heavy atom. The van der Waals surface area contributed by atoms with Gasteiger partial charge in [0.25, 0.3) is 5.91 Å². The number of carboxylic acids is 1. The highest BCUT2D eigenvalue weighted by Gasteiger charge is 2.33. The first kappa shape index (κ1) is 27.4. The number of aliphatic imine (C=N–C) groups is 1. The number of anilines is 1. The van der Waals surface area contributed by atoms with Gasteiger partial charge in [-0.25, -0.2) is 9.79 Å². The summed E-state index contributed by atoms with van der Waals surface area (Å²) >= 11 is 11.0. The number of carbonyl (C=O) groups is 2. The normalized spacial score (nSPS) is 15.4. The minimum absolute atomic E-state index is 0.181. The molecule has 0 aliphatic heterocycles. The second-order valence-electron chi connectivity index (χ2n) is 10.1. The Kier molecular flexibility index (Phi) is 8.41. The number of nitrogens with zero attached hydrogens (tertiary/aromatic N) is 1. The first-order chi connectivity index (χ1) is 17.5. The molecule has 0 bridgehead atoms. The Labute approximate surface area is 233 Å². The molecule has 0 saturated carbocycles. The number of carboxylic acid groups (broad SMARTS) is 1. The lowest BCUT2D eigenvalue weighted by atomic mass is 9.72. The van der Waals surface area contributed by atoms with E-state index in [9.17, 15) is 9.59 Å². The van der Waals surface area contributed by atoms with Crippen molar-refractivity contribution >= 4 is 67.6 Å². The Morgan fingerprint density at radius 1 is 1.24 bits per heavy atom. The molecular formula is C28H28BrClN2O4S. The Hall–Kier alpha value is -2.68. The predicted octanol–water partition coefficient (Wildman–Crippen LogP) is 7.78. The van der Waals surface area contributed by atoms with Gasteiger partial charge in [0, 0.05) is 21.8 Å². The molecule has 2 N–H and O–H groups in total. The molecule has 194 valence electrons. The number of halogens is 2. The summed E-state index contributed by atoms with van der Waals surface area (Å²) in [4.78, 5) is 30.2. The van der Waals surface area contributed by atoms with Gasteiger partial charge in [-0.2, -0.15) is 0 Å². The van der Waals surface area contributed by atoms with Crippen molar-refractivity contribution in [3.8, 4) is 5.75 Å². The van der Waals surface area contributed by atoms with Crippen LogP contribution in [0.15, 0.2) is 51.9 Å². The van der Waals surface area contributed by atoms with Crippen LogP contribution in [0.2, 0.25) is 5.02 Å². The number of ether oxygens (including phenoxy) is 1. The molecule has 1 amide bonds.